The first-order valence-electron chi connectivity index (χ1n) is 12.2. The normalized spacial score (nSPS) is 20.9. The lowest BCUT2D eigenvalue weighted by molar-refractivity contribution is -0.127. The third-order valence-corrected chi connectivity index (χ3v) is 7.53. The number of hydrogen-bond donors (Lipinski definition) is 1. The number of anilines is 1. The largest absolute Gasteiger partial charge is 0.497 e. The Labute approximate surface area is 200 Å². The number of hydrogen-bond acceptors (Lipinski definition) is 3. The zero-order valence-corrected chi connectivity index (χ0v) is 20.5. The average Bonchev–Trinajstić information content (AvgIpc) is 3.19. The maximum atomic E-state index is 14.1. The van der Waals surface area contributed by atoms with Gasteiger partial charge < -0.3 is 14.6 Å². The number of aryl methyl sites for hydroxylation is 2. The minimum atomic E-state index is -1.07. The zero-order chi connectivity index (χ0) is 24.0. The quantitative estimate of drug-likeness (QED) is 0.588. The van der Waals surface area contributed by atoms with Gasteiger partial charge in [0.15, 0.2) is 0 Å². The first kappa shape index (κ1) is 22.5. The number of methoxy groups -OCH3 is 1. The molecule has 0 spiro atoms. The van der Waals surface area contributed by atoms with Crippen LogP contribution in [0.1, 0.15) is 60.6 Å². The molecule has 1 aliphatic carbocycles. The summed E-state index contributed by atoms with van der Waals surface area (Å²) in [6, 6.07) is 14.0. The van der Waals surface area contributed by atoms with E-state index >= 15 is 0 Å². The van der Waals surface area contributed by atoms with Gasteiger partial charge in [-0.2, -0.15) is 0 Å². The van der Waals surface area contributed by atoms with Gasteiger partial charge in [-0.3, -0.25) is 14.5 Å². The summed E-state index contributed by atoms with van der Waals surface area (Å²) >= 11 is 0. The van der Waals surface area contributed by atoms with E-state index in [0.29, 0.717) is 12.2 Å². The van der Waals surface area contributed by atoms with Gasteiger partial charge in [0.25, 0.3) is 5.91 Å². The molecule has 0 radical (unpaired) electrons. The zero-order valence-electron chi connectivity index (χ0n) is 20.5. The van der Waals surface area contributed by atoms with Gasteiger partial charge in [0, 0.05) is 23.2 Å². The smallest absolute Gasteiger partial charge is 0.275 e. The van der Waals surface area contributed by atoms with Crippen LogP contribution in [0.15, 0.2) is 42.5 Å². The van der Waals surface area contributed by atoms with Crippen LogP contribution in [0, 0.1) is 13.8 Å². The number of benzene rings is 2. The Balaban J connectivity index is 1.65. The molecule has 3 aromatic rings. The number of nitrogens with zero attached hydrogens (tertiary/aromatic N) is 2. The van der Waals surface area contributed by atoms with Gasteiger partial charge in [-0.05, 0) is 69.0 Å². The molecule has 1 saturated carbocycles. The molecule has 2 amide bonds. The fourth-order valence-electron chi connectivity index (χ4n) is 5.52. The van der Waals surface area contributed by atoms with Crippen molar-refractivity contribution in [2.45, 2.75) is 71.0 Å². The molecule has 1 aliphatic heterocycles. The van der Waals surface area contributed by atoms with Crippen LogP contribution in [-0.2, 0) is 11.3 Å². The molecule has 0 saturated heterocycles. The van der Waals surface area contributed by atoms with Crippen molar-refractivity contribution >= 4 is 28.4 Å². The fourth-order valence-corrected chi connectivity index (χ4v) is 5.52. The summed E-state index contributed by atoms with van der Waals surface area (Å²) in [7, 11) is 1.64. The van der Waals surface area contributed by atoms with Gasteiger partial charge in [0.2, 0.25) is 5.91 Å². The van der Waals surface area contributed by atoms with Gasteiger partial charge in [-0.25, -0.2) is 0 Å². The van der Waals surface area contributed by atoms with Crippen LogP contribution in [0.5, 0.6) is 5.75 Å². The van der Waals surface area contributed by atoms with Crippen LogP contribution < -0.4 is 15.0 Å². The van der Waals surface area contributed by atoms with Crippen molar-refractivity contribution in [1.29, 1.82) is 0 Å². The number of fused-ring (bicyclic) bond motifs is 3. The van der Waals surface area contributed by atoms with E-state index in [4.69, 9.17) is 4.74 Å². The van der Waals surface area contributed by atoms with E-state index in [1.807, 2.05) is 67.8 Å². The highest BCUT2D eigenvalue weighted by atomic mass is 16.5. The van der Waals surface area contributed by atoms with Crippen LogP contribution in [-0.4, -0.2) is 35.1 Å². The number of rotatable bonds is 4. The monoisotopic (exact) mass is 459 g/mol. The summed E-state index contributed by atoms with van der Waals surface area (Å²) in [4.78, 5) is 29.8. The molecule has 5 rings (SSSR count). The average molecular weight is 460 g/mol. The fraction of sp³-hybridized carbons (Fsp3) is 0.429. The Kier molecular flexibility index (Phi) is 5.62. The van der Waals surface area contributed by atoms with E-state index in [-0.39, 0.29) is 17.9 Å². The second-order valence-electron chi connectivity index (χ2n) is 10.1. The Bertz CT molecular complexity index is 1270. The van der Waals surface area contributed by atoms with Crippen molar-refractivity contribution in [2.24, 2.45) is 0 Å². The predicted molar refractivity (Wildman–Crippen MR) is 135 cm³/mol. The number of carbonyl (C=O) groups is 2. The van der Waals surface area contributed by atoms with E-state index in [1.165, 1.54) is 6.42 Å². The molecule has 1 atom stereocenters. The molecule has 178 valence electrons. The topological polar surface area (TPSA) is 63.6 Å². The van der Waals surface area contributed by atoms with Crippen LogP contribution in [0.4, 0.5) is 5.69 Å². The highest BCUT2D eigenvalue weighted by Gasteiger charge is 2.49. The van der Waals surface area contributed by atoms with Crippen molar-refractivity contribution in [3.05, 3.63) is 59.3 Å². The molecular formula is C28H33N3O3. The summed E-state index contributed by atoms with van der Waals surface area (Å²) in [5, 5.41) is 4.27. The molecule has 1 N–H and O–H groups in total. The second kappa shape index (κ2) is 8.49. The van der Waals surface area contributed by atoms with Gasteiger partial charge in [0.05, 0.1) is 19.2 Å². The molecular weight excluding hydrogens is 426 g/mol. The van der Waals surface area contributed by atoms with Crippen LogP contribution in [0.2, 0.25) is 0 Å². The van der Waals surface area contributed by atoms with E-state index < -0.39 is 5.54 Å². The van der Waals surface area contributed by atoms with E-state index in [2.05, 4.69) is 5.32 Å². The maximum absolute atomic E-state index is 14.1. The summed E-state index contributed by atoms with van der Waals surface area (Å²) in [6.07, 6.45) is 5.47. The first-order valence-corrected chi connectivity index (χ1v) is 12.2. The molecule has 34 heavy (non-hydrogen) atoms. The molecule has 1 aromatic heterocycles. The second-order valence-corrected chi connectivity index (χ2v) is 10.1. The van der Waals surface area contributed by atoms with Crippen molar-refractivity contribution in [2.75, 3.05) is 12.0 Å². The summed E-state index contributed by atoms with van der Waals surface area (Å²) in [6.45, 7) is 6.28. The van der Waals surface area contributed by atoms with E-state index in [9.17, 15) is 9.59 Å². The van der Waals surface area contributed by atoms with Gasteiger partial charge in [-0.15, -0.1) is 0 Å². The number of amides is 2. The lowest BCUT2D eigenvalue weighted by Crippen LogP contribution is -2.65. The molecule has 6 nitrogen and oxygen atoms in total. The summed E-state index contributed by atoms with van der Waals surface area (Å²) in [5.74, 6) is 0.478. The molecule has 0 bridgehead atoms. The Morgan fingerprint density at radius 3 is 2.56 bits per heavy atom. The Morgan fingerprint density at radius 2 is 1.82 bits per heavy atom. The van der Waals surface area contributed by atoms with Gasteiger partial charge >= 0.3 is 0 Å². The summed E-state index contributed by atoms with van der Waals surface area (Å²) < 4.78 is 7.43. The van der Waals surface area contributed by atoms with Crippen LogP contribution >= 0.6 is 0 Å². The Morgan fingerprint density at radius 1 is 1.06 bits per heavy atom. The van der Waals surface area contributed by atoms with Crippen molar-refractivity contribution < 1.29 is 14.3 Å². The highest BCUT2D eigenvalue weighted by molar-refractivity contribution is 6.14. The van der Waals surface area contributed by atoms with Crippen molar-refractivity contribution in [3.8, 4) is 5.75 Å². The number of aromatic nitrogens is 1. The highest BCUT2D eigenvalue weighted by Crippen LogP contribution is 2.38. The van der Waals surface area contributed by atoms with Crippen molar-refractivity contribution in [1.82, 2.24) is 9.88 Å². The maximum Gasteiger partial charge on any atom is 0.275 e. The molecule has 2 heterocycles. The van der Waals surface area contributed by atoms with Crippen LogP contribution in [0.3, 0.4) is 0 Å². The van der Waals surface area contributed by atoms with E-state index in [1.54, 1.807) is 12.0 Å². The summed E-state index contributed by atoms with van der Waals surface area (Å²) in [5.41, 5.74) is 3.24. The number of ether oxygens (including phenoxy) is 1. The van der Waals surface area contributed by atoms with E-state index in [0.717, 1.165) is 59.2 Å². The number of carbonyl (C=O) groups excluding carboxylic acids is 2. The lowest BCUT2D eigenvalue weighted by Gasteiger charge is -2.45. The molecule has 2 aromatic carbocycles. The predicted octanol–water partition coefficient (Wildman–Crippen LogP) is 5.13. The first-order chi connectivity index (χ1) is 16.3. The van der Waals surface area contributed by atoms with Crippen LogP contribution in [0.25, 0.3) is 10.9 Å². The SMILES string of the molecule is COc1ccc2cc3n(c2c1)C[C@@](C)(C(=O)NC1CCCCC1)N(c1cc(C)ccc1C)C3=O. The molecule has 1 fully saturated rings. The molecule has 6 heteroatoms. The third kappa shape index (κ3) is 3.65. The lowest BCUT2D eigenvalue weighted by atomic mass is 9.90. The minimum absolute atomic E-state index is 0.0935. The standard InChI is InChI=1S/C28H33N3O3/c1-18-10-11-19(2)23(14-18)31-26(32)25-15-20-12-13-22(34-4)16-24(20)30(25)17-28(31,3)27(33)29-21-8-6-5-7-9-21/h10-16,21H,5-9,17H2,1-4H3,(H,29,33)/t28-/m0/s1. The number of nitrogens with one attached hydrogen (secondary N) is 1. The van der Waals surface area contributed by atoms with Crippen molar-refractivity contribution in [3.63, 3.8) is 0 Å². The molecule has 0 unspecified atom stereocenters. The van der Waals surface area contributed by atoms with Gasteiger partial charge in [-0.1, -0.05) is 31.4 Å². The molecule has 2 aliphatic rings. The minimum Gasteiger partial charge on any atom is -0.497 e. The Hall–Kier alpha value is -3.28. The third-order valence-electron chi connectivity index (χ3n) is 7.53. The van der Waals surface area contributed by atoms with Gasteiger partial charge in [0.1, 0.15) is 17.0 Å².